The lowest BCUT2D eigenvalue weighted by molar-refractivity contribution is -0.117. The van der Waals surface area contributed by atoms with Crippen LogP contribution in [0.25, 0.3) is 17.1 Å². The average Bonchev–Trinajstić information content (AvgIpc) is 3.11. The van der Waals surface area contributed by atoms with Crippen LogP contribution in [0.5, 0.6) is 0 Å². The Morgan fingerprint density at radius 3 is 2.44 bits per heavy atom. The van der Waals surface area contributed by atoms with Crippen molar-refractivity contribution in [3.63, 3.8) is 0 Å². The summed E-state index contributed by atoms with van der Waals surface area (Å²) in [6.07, 6.45) is 0. The first-order chi connectivity index (χ1) is 13.1. The highest BCUT2D eigenvalue weighted by Crippen LogP contribution is 2.27. The topological polar surface area (TPSA) is 88.9 Å². The molecule has 0 saturated heterocycles. The molecule has 7 nitrogen and oxygen atoms in total. The fraction of sp³-hybridized carbons (Fsp3) is 0.111. The van der Waals surface area contributed by atoms with Crippen LogP contribution in [0.2, 0.25) is 0 Å². The maximum absolute atomic E-state index is 13.3. The number of urea groups is 1. The lowest BCUT2D eigenvalue weighted by Gasteiger charge is -2.10. The molecule has 0 saturated carbocycles. The second-order valence-corrected chi connectivity index (χ2v) is 6.34. The number of imide groups is 1. The van der Waals surface area contributed by atoms with Crippen LogP contribution in [-0.2, 0) is 4.79 Å². The number of halogens is 1. The fourth-order valence-corrected chi connectivity index (χ4v) is 3.07. The van der Waals surface area contributed by atoms with E-state index in [-0.39, 0.29) is 11.6 Å². The van der Waals surface area contributed by atoms with Gasteiger partial charge in [0.05, 0.1) is 5.75 Å². The van der Waals surface area contributed by atoms with Gasteiger partial charge < -0.3 is 5.32 Å². The highest BCUT2D eigenvalue weighted by molar-refractivity contribution is 7.99. The summed E-state index contributed by atoms with van der Waals surface area (Å²) in [7, 11) is 1.42. The Hall–Kier alpha value is -3.20. The SMILES string of the molecule is CNC(=O)NC(=O)CSc1nnc(-c2ccccc2)n1-c1ccc(F)cc1. The predicted octanol–water partition coefficient (Wildman–Crippen LogP) is 2.62. The molecule has 9 heteroatoms. The summed E-state index contributed by atoms with van der Waals surface area (Å²) in [6.45, 7) is 0. The van der Waals surface area contributed by atoms with Crippen LogP contribution >= 0.6 is 11.8 Å². The zero-order valence-electron chi connectivity index (χ0n) is 14.3. The summed E-state index contributed by atoms with van der Waals surface area (Å²) >= 11 is 1.13. The van der Waals surface area contributed by atoms with Gasteiger partial charge in [0.1, 0.15) is 5.82 Å². The molecule has 0 aliphatic rings. The number of aromatic nitrogens is 3. The average molecular weight is 385 g/mol. The smallest absolute Gasteiger partial charge is 0.321 e. The third-order valence-corrected chi connectivity index (χ3v) is 4.49. The molecule has 0 unspecified atom stereocenters. The Labute approximate surface area is 159 Å². The van der Waals surface area contributed by atoms with Gasteiger partial charge >= 0.3 is 6.03 Å². The Bertz CT molecular complexity index is 944. The first-order valence-electron chi connectivity index (χ1n) is 7.99. The summed E-state index contributed by atoms with van der Waals surface area (Å²) in [4.78, 5) is 23.1. The van der Waals surface area contributed by atoms with E-state index in [9.17, 15) is 14.0 Å². The molecule has 1 aromatic heterocycles. The highest BCUT2D eigenvalue weighted by atomic mass is 32.2. The number of carbonyl (C=O) groups is 2. The zero-order chi connectivity index (χ0) is 19.2. The summed E-state index contributed by atoms with van der Waals surface area (Å²) in [5, 5.41) is 13.3. The van der Waals surface area contributed by atoms with Crippen molar-refractivity contribution in [3.8, 4) is 17.1 Å². The van der Waals surface area contributed by atoms with Gasteiger partial charge in [0, 0.05) is 18.3 Å². The number of hydrogen-bond acceptors (Lipinski definition) is 5. The Morgan fingerprint density at radius 2 is 1.78 bits per heavy atom. The number of carbonyl (C=O) groups excluding carboxylic acids is 2. The molecule has 27 heavy (non-hydrogen) atoms. The van der Waals surface area contributed by atoms with Gasteiger partial charge in [-0.3, -0.25) is 14.7 Å². The van der Waals surface area contributed by atoms with Gasteiger partial charge in [0.2, 0.25) is 5.91 Å². The van der Waals surface area contributed by atoms with Crippen LogP contribution in [0.1, 0.15) is 0 Å². The molecule has 0 aliphatic carbocycles. The molecule has 2 aromatic carbocycles. The second kappa shape index (κ2) is 8.45. The number of nitrogens with one attached hydrogen (secondary N) is 2. The second-order valence-electron chi connectivity index (χ2n) is 5.40. The minimum absolute atomic E-state index is 0.0263. The monoisotopic (exact) mass is 385 g/mol. The number of thioether (sulfide) groups is 1. The molecule has 2 N–H and O–H groups in total. The van der Waals surface area contributed by atoms with E-state index in [1.165, 1.54) is 19.2 Å². The third kappa shape index (κ3) is 4.50. The fourth-order valence-electron chi connectivity index (χ4n) is 2.32. The third-order valence-electron chi connectivity index (χ3n) is 3.56. The largest absolute Gasteiger partial charge is 0.341 e. The van der Waals surface area contributed by atoms with Crippen LogP contribution in [-0.4, -0.2) is 39.5 Å². The maximum atomic E-state index is 13.3. The van der Waals surface area contributed by atoms with Crippen molar-refractivity contribution in [2.45, 2.75) is 5.16 Å². The molecule has 0 fully saturated rings. The molecule has 0 spiro atoms. The molecule has 3 aromatic rings. The number of nitrogens with zero attached hydrogens (tertiary/aromatic N) is 3. The molecule has 0 radical (unpaired) electrons. The first-order valence-corrected chi connectivity index (χ1v) is 8.98. The molecule has 0 atom stereocenters. The van der Waals surface area contributed by atoms with E-state index in [0.29, 0.717) is 16.7 Å². The van der Waals surface area contributed by atoms with Crippen LogP contribution in [0, 0.1) is 5.82 Å². The maximum Gasteiger partial charge on any atom is 0.321 e. The highest BCUT2D eigenvalue weighted by Gasteiger charge is 2.17. The molecule has 3 rings (SSSR count). The number of benzene rings is 2. The minimum Gasteiger partial charge on any atom is -0.341 e. The van der Waals surface area contributed by atoms with Crippen LogP contribution in [0.4, 0.5) is 9.18 Å². The summed E-state index contributed by atoms with van der Waals surface area (Å²) in [6, 6.07) is 14.7. The predicted molar refractivity (Wildman–Crippen MR) is 100 cm³/mol. The van der Waals surface area contributed by atoms with E-state index in [1.807, 2.05) is 30.3 Å². The summed E-state index contributed by atoms with van der Waals surface area (Å²) in [5.74, 6) is -0.278. The lowest BCUT2D eigenvalue weighted by Crippen LogP contribution is -2.38. The summed E-state index contributed by atoms with van der Waals surface area (Å²) < 4.78 is 15.1. The Morgan fingerprint density at radius 1 is 1.07 bits per heavy atom. The minimum atomic E-state index is -0.578. The summed E-state index contributed by atoms with van der Waals surface area (Å²) in [5.41, 5.74) is 1.49. The van der Waals surface area contributed by atoms with Gasteiger partial charge in [-0.2, -0.15) is 0 Å². The van der Waals surface area contributed by atoms with E-state index < -0.39 is 11.9 Å². The van der Waals surface area contributed by atoms with Crippen molar-refractivity contribution < 1.29 is 14.0 Å². The van der Waals surface area contributed by atoms with Crippen LogP contribution in [0.3, 0.4) is 0 Å². The van der Waals surface area contributed by atoms with Crippen molar-refractivity contribution in [2.24, 2.45) is 0 Å². The van der Waals surface area contributed by atoms with Gasteiger partial charge in [-0.05, 0) is 24.3 Å². The standard InChI is InChI=1S/C18H16FN5O2S/c1-20-17(26)21-15(25)11-27-18-23-22-16(12-5-3-2-4-6-12)24(18)14-9-7-13(19)8-10-14/h2-10H,11H2,1H3,(H2,20,21,25,26). The van der Waals surface area contributed by atoms with E-state index in [2.05, 4.69) is 20.8 Å². The van der Waals surface area contributed by atoms with Crippen molar-refractivity contribution >= 4 is 23.7 Å². The van der Waals surface area contributed by atoms with Gasteiger partial charge in [-0.25, -0.2) is 9.18 Å². The Kier molecular flexibility index (Phi) is 5.82. The molecule has 138 valence electrons. The van der Waals surface area contributed by atoms with Gasteiger partial charge in [-0.1, -0.05) is 42.1 Å². The van der Waals surface area contributed by atoms with E-state index >= 15 is 0 Å². The van der Waals surface area contributed by atoms with Crippen LogP contribution < -0.4 is 10.6 Å². The van der Waals surface area contributed by atoms with Gasteiger partial charge in [0.15, 0.2) is 11.0 Å². The first kappa shape index (κ1) is 18.6. The van der Waals surface area contributed by atoms with E-state index in [1.54, 1.807) is 16.7 Å². The van der Waals surface area contributed by atoms with Crippen molar-refractivity contribution in [1.82, 2.24) is 25.4 Å². The number of hydrogen-bond donors (Lipinski definition) is 2. The van der Waals surface area contributed by atoms with E-state index in [4.69, 9.17) is 0 Å². The normalized spacial score (nSPS) is 10.4. The van der Waals surface area contributed by atoms with Crippen molar-refractivity contribution in [3.05, 3.63) is 60.4 Å². The molecule has 3 amide bonds. The van der Waals surface area contributed by atoms with Crippen molar-refractivity contribution in [2.75, 3.05) is 12.8 Å². The van der Waals surface area contributed by atoms with Crippen LogP contribution in [0.15, 0.2) is 59.8 Å². The molecule has 1 heterocycles. The quantitative estimate of drug-likeness (QED) is 0.659. The Balaban J connectivity index is 1.92. The van der Waals surface area contributed by atoms with Crippen molar-refractivity contribution in [1.29, 1.82) is 0 Å². The molecular formula is C18H16FN5O2S. The lowest BCUT2D eigenvalue weighted by atomic mass is 10.2. The van der Waals surface area contributed by atoms with Gasteiger partial charge in [0.25, 0.3) is 0 Å². The molecular weight excluding hydrogens is 369 g/mol. The molecule has 0 aliphatic heterocycles. The molecule has 0 bridgehead atoms. The number of amides is 3. The van der Waals surface area contributed by atoms with E-state index in [0.717, 1.165) is 17.3 Å². The number of rotatable bonds is 5. The zero-order valence-corrected chi connectivity index (χ0v) is 15.2. The van der Waals surface area contributed by atoms with Gasteiger partial charge in [-0.15, -0.1) is 10.2 Å².